The van der Waals surface area contributed by atoms with Gasteiger partial charge in [-0.05, 0) is 56.3 Å². The monoisotopic (exact) mass is 447 g/mol. The Morgan fingerprint density at radius 2 is 1.71 bits per heavy atom. The maximum Gasteiger partial charge on any atom is 0.573 e. The first kappa shape index (κ1) is 22.2. The number of amides is 2. The van der Waals surface area contributed by atoms with E-state index in [2.05, 4.69) is 15.2 Å². The number of hydrazone groups is 1. The van der Waals surface area contributed by atoms with Gasteiger partial charge in [0.25, 0.3) is 0 Å². The third kappa shape index (κ3) is 5.38. The first-order chi connectivity index (χ1) is 14.2. The summed E-state index contributed by atoms with van der Waals surface area (Å²) in [6.07, 6.45) is -9.42. The summed E-state index contributed by atoms with van der Waals surface area (Å²) in [5.41, 5.74) is -2.09. The Hall–Kier alpha value is -3.44. The molecule has 31 heavy (non-hydrogen) atoms. The van der Waals surface area contributed by atoms with Gasteiger partial charge in [0.2, 0.25) is 11.6 Å². The van der Waals surface area contributed by atoms with Crippen molar-refractivity contribution in [2.75, 3.05) is 5.32 Å². The fourth-order valence-corrected chi connectivity index (χ4v) is 2.66. The van der Waals surface area contributed by atoms with Crippen molar-refractivity contribution in [2.24, 2.45) is 5.10 Å². The number of rotatable bonds is 3. The predicted octanol–water partition coefficient (Wildman–Crippen LogP) is 5.57. The molecular formula is C19H15F6N3O3. The lowest BCUT2D eigenvalue weighted by atomic mass is 10.1. The van der Waals surface area contributed by atoms with Crippen molar-refractivity contribution in [1.29, 1.82) is 0 Å². The van der Waals surface area contributed by atoms with Crippen LogP contribution in [0.3, 0.4) is 0 Å². The van der Waals surface area contributed by atoms with E-state index in [1.54, 1.807) is 0 Å². The summed E-state index contributed by atoms with van der Waals surface area (Å²) in [6, 6.07) is 7.83. The van der Waals surface area contributed by atoms with E-state index in [4.69, 9.17) is 4.74 Å². The number of hydrogen-bond donors (Lipinski definition) is 1. The highest BCUT2D eigenvalue weighted by Gasteiger charge is 2.41. The van der Waals surface area contributed by atoms with Gasteiger partial charge in [-0.25, -0.2) is 4.79 Å². The summed E-state index contributed by atoms with van der Waals surface area (Å²) in [7, 11) is 0. The topological polar surface area (TPSA) is 63.2 Å². The predicted molar refractivity (Wildman–Crippen MR) is 97.1 cm³/mol. The first-order valence-electron chi connectivity index (χ1n) is 8.67. The Labute approximate surface area is 172 Å². The molecule has 0 aromatic heterocycles. The van der Waals surface area contributed by atoms with Crippen LogP contribution in [0.5, 0.6) is 5.75 Å². The molecule has 0 saturated carbocycles. The molecule has 0 aliphatic carbocycles. The molecule has 0 bridgehead atoms. The molecule has 12 heteroatoms. The van der Waals surface area contributed by atoms with Crippen LogP contribution in [0.1, 0.15) is 25.0 Å². The van der Waals surface area contributed by atoms with Crippen LogP contribution >= 0.6 is 0 Å². The highest BCUT2D eigenvalue weighted by atomic mass is 19.4. The number of ether oxygens (including phenoxy) is 2. The van der Waals surface area contributed by atoms with E-state index in [-0.39, 0.29) is 17.1 Å². The molecule has 0 saturated heterocycles. The quantitative estimate of drug-likeness (QED) is 0.627. The molecule has 0 spiro atoms. The summed E-state index contributed by atoms with van der Waals surface area (Å²) < 4.78 is 84.8. The molecule has 166 valence electrons. The van der Waals surface area contributed by atoms with Crippen molar-refractivity contribution < 1.29 is 40.6 Å². The third-order valence-electron chi connectivity index (χ3n) is 4.02. The fraction of sp³-hybridized carbons (Fsp3) is 0.263. The zero-order valence-electron chi connectivity index (χ0n) is 16.0. The van der Waals surface area contributed by atoms with E-state index in [0.717, 1.165) is 29.3 Å². The molecule has 3 rings (SSSR count). The number of nitrogens with zero attached hydrogens (tertiary/aromatic N) is 2. The first-order valence-corrected chi connectivity index (χ1v) is 8.67. The number of alkyl halides is 6. The van der Waals surface area contributed by atoms with Gasteiger partial charge < -0.3 is 14.8 Å². The van der Waals surface area contributed by atoms with Gasteiger partial charge in [-0.15, -0.1) is 18.3 Å². The molecule has 2 amide bonds. The van der Waals surface area contributed by atoms with E-state index in [0.29, 0.717) is 0 Å². The van der Waals surface area contributed by atoms with E-state index in [1.807, 2.05) is 0 Å². The second kappa shape index (κ2) is 7.67. The van der Waals surface area contributed by atoms with E-state index >= 15 is 0 Å². The van der Waals surface area contributed by atoms with Gasteiger partial charge >= 0.3 is 18.6 Å². The van der Waals surface area contributed by atoms with Crippen LogP contribution in [0.15, 0.2) is 53.6 Å². The number of carbonyl (C=O) groups is 1. The molecule has 0 radical (unpaired) electrons. The third-order valence-corrected chi connectivity index (χ3v) is 4.02. The lowest BCUT2D eigenvalue weighted by molar-refractivity contribution is -0.274. The molecule has 0 atom stereocenters. The highest BCUT2D eigenvalue weighted by Crippen LogP contribution is 2.32. The Bertz CT molecular complexity index is 1000. The molecule has 2 aromatic carbocycles. The lowest BCUT2D eigenvalue weighted by Crippen LogP contribution is -2.44. The van der Waals surface area contributed by atoms with Crippen molar-refractivity contribution >= 4 is 17.6 Å². The molecule has 1 N–H and O–H groups in total. The largest absolute Gasteiger partial charge is 0.573 e. The van der Waals surface area contributed by atoms with Gasteiger partial charge in [0.05, 0.1) is 5.56 Å². The maximum atomic E-state index is 12.9. The minimum Gasteiger partial charge on any atom is -0.448 e. The maximum absolute atomic E-state index is 12.9. The van der Waals surface area contributed by atoms with Crippen molar-refractivity contribution in [3.63, 3.8) is 0 Å². The van der Waals surface area contributed by atoms with Crippen LogP contribution in [0.4, 0.5) is 36.8 Å². The molecular weight excluding hydrogens is 432 g/mol. The molecule has 0 unspecified atom stereocenters. The van der Waals surface area contributed by atoms with Crippen molar-refractivity contribution in [3.8, 4) is 5.75 Å². The molecule has 2 aromatic rings. The Kier molecular flexibility index (Phi) is 5.51. The number of urea groups is 1. The van der Waals surface area contributed by atoms with Crippen LogP contribution in [-0.2, 0) is 10.9 Å². The van der Waals surface area contributed by atoms with Crippen LogP contribution in [0.2, 0.25) is 0 Å². The molecule has 1 aliphatic rings. The van der Waals surface area contributed by atoms with Crippen LogP contribution < -0.4 is 10.1 Å². The van der Waals surface area contributed by atoms with Crippen LogP contribution in [0, 0.1) is 0 Å². The molecule has 1 heterocycles. The summed E-state index contributed by atoms with van der Waals surface area (Å²) in [5.74, 6) is -0.666. The zero-order valence-corrected chi connectivity index (χ0v) is 16.0. The van der Waals surface area contributed by atoms with Crippen molar-refractivity contribution in [1.82, 2.24) is 5.01 Å². The Balaban J connectivity index is 1.77. The summed E-state index contributed by atoms with van der Waals surface area (Å²) in [4.78, 5) is 12.6. The zero-order chi connectivity index (χ0) is 23.0. The number of benzene rings is 2. The van der Waals surface area contributed by atoms with E-state index in [9.17, 15) is 31.1 Å². The Morgan fingerprint density at radius 3 is 2.29 bits per heavy atom. The molecule has 0 fully saturated rings. The van der Waals surface area contributed by atoms with Crippen LogP contribution in [-0.4, -0.2) is 29.0 Å². The van der Waals surface area contributed by atoms with Gasteiger partial charge in [-0.1, -0.05) is 6.07 Å². The minimum atomic E-state index is -4.85. The smallest absolute Gasteiger partial charge is 0.448 e. The number of hydrogen-bond acceptors (Lipinski definition) is 4. The van der Waals surface area contributed by atoms with Gasteiger partial charge in [-0.3, -0.25) is 0 Å². The minimum absolute atomic E-state index is 0.0202. The van der Waals surface area contributed by atoms with Gasteiger partial charge in [0.1, 0.15) is 5.75 Å². The average Bonchev–Trinajstić information content (AvgIpc) is 2.97. The van der Waals surface area contributed by atoms with Gasteiger partial charge in [0, 0.05) is 11.3 Å². The summed E-state index contributed by atoms with van der Waals surface area (Å²) >= 11 is 0. The highest BCUT2D eigenvalue weighted by molar-refractivity contribution is 5.98. The standard InChI is InChI=1S/C19H15F6N3O3/c1-17(2)28(16(29)26-13-6-8-14(9-7-13)30-19(23,24)25)27-15(31-17)11-4-3-5-12(10-11)18(20,21)22/h3-10H,1-2H3,(H,26,29). The van der Waals surface area contributed by atoms with Crippen molar-refractivity contribution in [3.05, 3.63) is 59.7 Å². The number of nitrogens with one attached hydrogen (secondary N) is 1. The lowest BCUT2D eigenvalue weighted by Gasteiger charge is -2.27. The summed E-state index contributed by atoms with van der Waals surface area (Å²) in [6.45, 7) is 2.94. The average molecular weight is 447 g/mol. The summed E-state index contributed by atoms with van der Waals surface area (Å²) in [5, 5.41) is 7.27. The fourth-order valence-electron chi connectivity index (χ4n) is 2.66. The van der Waals surface area contributed by atoms with Crippen LogP contribution in [0.25, 0.3) is 0 Å². The molecule has 1 aliphatic heterocycles. The van der Waals surface area contributed by atoms with Gasteiger partial charge in [0.15, 0.2) is 0 Å². The van der Waals surface area contributed by atoms with E-state index in [1.165, 1.54) is 38.1 Å². The number of halogens is 6. The Morgan fingerprint density at radius 1 is 1.06 bits per heavy atom. The number of anilines is 1. The number of carbonyl (C=O) groups excluding carboxylic acids is 1. The second-order valence-electron chi connectivity index (χ2n) is 6.85. The van der Waals surface area contributed by atoms with E-state index < -0.39 is 35.6 Å². The molecule has 6 nitrogen and oxygen atoms in total. The second-order valence-corrected chi connectivity index (χ2v) is 6.85. The van der Waals surface area contributed by atoms with Gasteiger partial charge in [-0.2, -0.15) is 18.2 Å². The normalized spacial score (nSPS) is 15.9. The van der Waals surface area contributed by atoms with Crippen molar-refractivity contribution in [2.45, 2.75) is 32.1 Å². The SMILES string of the molecule is CC1(C)OC(c2cccc(C(F)(F)F)c2)=NN1C(=O)Nc1ccc(OC(F)(F)F)cc1.